The van der Waals surface area contributed by atoms with Crippen molar-refractivity contribution in [1.82, 2.24) is 0 Å². The zero-order valence-corrected chi connectivity index (χ0v) is 29.0. The van der Waals surface area contributed by atoms with Gasteiger partial charge in [0.2, 0.25) is 0 Å². The second kappa shape index (κ2) is 22800. The molecule has 436 valence electrons. The predicted molar refractivity (Wildman–Crippen MR) is 203 cm³/mol. The molecule has 0 rings (SSSR count). The Bertz CT molecular complexity index is 64.8. The van der Waals surface area contributed by atoms with Gasteiger partial charge >= 0.3 is 5.97 Å². The molecule has 0 aromatic heterocycles. The minimum atomic E-state index is -0.211. The highest BCUT2D eigenvalue weighted by Crippen LogP contribution is 1.69. The molecular formula is C4H108O52. The summed E-state index contributed by atoms with van der Waals surface area (Å²) >= 11 is 0. The van der Waals surface area contributed by atoms with Gasteiger partial charge in [-0.25, -0.2) is 0 Å². The van der Waals surface area contributed by atoms with Gasteiger partial charge in [0.25, 0.3) is 0 Å². The van der Waals surface area contributed by atoms with E-state index < -0.39 is 0 Å². The third-order valence-electron chi connectivity index (χ3n) is 0.348. The van der Waals surface area contributed by atoms with E-state index in [9.17, 15) is 4.79 Å². The summed E-state index contributed by atoms with van der Waals surface area (Å²) in [4.78, 5) is 9.82. The summed E-state index contributed by atoms with van der Waals surface area (Å²) in [5.41, 5.74) is 0. The van der Waals surface area contributed by atoms with Crippen molar-refractivity contribution in [3.05, 3.63) is 0 Å². The lowest BCUT2D eigenvalue weighted by Crippen LogP contribution is -1.95. The number of hydrogen-bond acceptors (Lipinski definition) is 2. The van der Waals surface area contributed by atoms with Crippen LogP contribution in [0.25, 0.3) is 0 Å². The molecule has 100 N–H and O–H groups in total. The molecule has 0 saturated carbocycles. The van der Waals surface area contributed by atoms with Gasteiger partial charge in [0.15, 0.2) is 0 Å². The van der Waals surface area contributed by atoms with E-state index in [-0.39, 0.29) is 280 Å². The van der Waals surface area contributed by atoms with Gasteiger partial charge in [-0.15, -0.1) is 0 Å². The molecule has 0 aliphatic heterocycles. The molecule has 52 heteroatoms. The van der Waals surface area contributed by atoms with Gasteiger partial charge in [-0.05, 0) is 6.92 Å². The Hall–Kier alpha value is -2.53. The summed E-state index contributed by atoms with van der Waals surface area (Å²) in [6, 6.07) is 0. The lowest BCUT2D eigenvalue weighted by molar-refractivity contribution is -0.140. The molecule has 0 aliphatic rings. The number of esters is 1. The first-order chi connectivity index (χ1) is 2.77. The Morgan fingerprint density at radius 2 is 0.268 bits per heavy atom. The van der Waals surface area contributed by atoms with E-state index in [1.54, 1.807) is 6.92 Å². The number of carbonyl (C=O) groups excluding carboxylic acids is 1. The molecule has 0 aromatic rings. The minimum Gasteiger partial charge on any atom is -0.466 e. The van der Waals surface area contributed by atoms with E-state index in [2.05, 4.69) is 4.74 Å². The van der Waals surface area contributed by atoms with Crippen LogP contribution < -0.4 is 0 Å². The van der Waals surface area contributed by atoms with Crippen LogP contribution in [0, 0.1) is 0 Å². The van der Waals surface area contributed by atoms with Crippen LogP contribution in [0.1, 0.15) is 13.8 Å². The van der Waals surface area contributed by atoms with Crippen LogP contribution in [0.15, 0.2) is 0 Å². The van der Waals surface area contributed by atoms with Gasteiger partial charge in [0, 0.05) is 6.92 Å². The Balaban J connectivity index is -0.000000000102. The highest BCUT2D eigenvalue weighted by molar-refractivity contribution is 5.65. The molecule has 0 fully saturated rings. The minimum absolute atomic E-state index is 0. The normalized spacial score (nSPS) is 0.821. The number of carbonyl (C=O) groups is 1. The van der Waals surface area contributed by atoms with Crippen LogP contribution in [0.4, 0.5) is 0 Å². The lowest BCUT2D eigenvalue weighted by Gasteiger charge is -1.89. The van der Waals surface area contributed by atoms with Crippen molar-refractivity contribution >= 4 is 5.97 Å². The number of hydrogen-bond donors (Lipinski definition) is 0. The summed E-state index contributed by atoms with van der Waals surface area (Å²) in [6.45, 7) is 3.65. The van der Waals surface area contributed by atoms with Crippen molar-refractivity contribution < 1.29 is 283 Å². The molecule has 0 amide bonds. The summed E-state index contributed by atoms with van der Waals surface area (Å²) in [5.74, 6) is -0.211. The zero-order chi connectivity index (χ0) is 4.99. The molecule has 0 aromatic carbocycles. The first-order valence-corrected chi connectivity index (χ1v) is 1.90. The Morgan fingerprint density at radius 3 is 0.268 bits per heavy atom. The maximum absolute atomic E-state index is 9.82. The average molecular weight is 989 g/mol. The van der Waals surface area contributed by atoms with Gasteiger partial charge in [0.05, 0.1) is 6.61 Å². The van der Waals surface area contributed by atoms with Crippen molar-refractivity contribution in [3.8, 4) is 0 Å². The molecule has 0 unspecified atom stereocenters. The Morgan fingerprint density at radius 1 is 0.214 bits per heavy atom. The van der Waals surface area contributed by atoms with E-state index in [1.165, 1.54) is 6.92 Å². The van der Waals surface area contributed by atoms with E-state index in [4.69, 9.17) is 0 Å². The molecule has 0 aliphatic carbocycles. The molecule has 0 spiro atoms. The molecule has 0 bridgehead atoms. The predicted octanol–water partition coefficient (Wildman–Crippen LogP) is -40.7. The van der Waals surface area contributed by atoms with Gasteiger partial charge in [-0.2, -0.15) is 0 Å². The fourth-order valence-corrected chi connectivity index (χ4v) is 0.203. The third kappa shape index (κ3) is 594000. The van der Waals surface area contributed by atoms with E-state index in [0.717, 1.165) is 0 Å². The maximum Gasteiger partial charge on any atom is 0.302 e. The number of rotatable bonds is 1. The third-order valence-corrected chi connectivity index (χ3v) is 0.348. The summed E-state index contributed by atoms with van der Waals surface area (Å²) in [6.07, 6.45) is 0. The van der Waals surface area contributed by atoms with Crippen LogP contribution in [0.2, 0.25) is 0 Å². The van der Waals surface area contributed by atoms with Crippen LogP contribution in [-0.2, 0) is 9.53 Å². The van der Waals surface area contributed by atoms with Gasteiger partial charge in [0.1, 0.15) is 0 Å². The monoisotopic (exact) mass is 989 g/mol. The van der Waals surface area contributed by atoms with Crippen LogP contribution in [0.5, 0.6) is 0 Å². The second-order valence-corrected chi connectivity index (χ2v) is 0.925. The molecular weight excluding hydrogens is 880 g/mol. The molecule has 0 saturated heterocycles. The Kier molecular flexibility index (Phi) is 9820000. The average Bonchev–Trinajstić information content (AvgIpc) is 1.35. The summed E-state index contributed by atoms with van der Waals surface area (Å²) < 4.78 is 4.40. The summed E-state index contributed by atoms with van der Waals surface area (Å²) in [5, 5.41) is 0. The maximum atomic E-state index is 9.82. The first-order valence-electron chi connectivity index (χ1n) is 1.90. The smallest absolute Gasteiger partial charge is 0.302 e. The topological polar surface area (TPSA) is 1600 Å². The van der Waals surface area contributed by atoms with Crippen LogP contribution in [-0.4, -0.2) is 286 Å². The van der Waals surface area contributed by atoms with Crippen molar-refractivity contribution in [1.29, 1.82) is 0 Å². The number of ether oxygens (including phenoxy) is 1. The second-order valence-electron chi connectivity index (χ2n) is 0.925. The molecule has 0 atom stereocenters. The van der Waals surface area contributed by atoms with Crippen molar-refractivity contribution in [2.24, 2.45) is 0 Å². The van der Waals surface area contributed by atoms with E-state index >= 15 is 0 Å². The van der Waals surface area contributed by atoms with Crippen LogP contribution >= 0.6 is 0 Å². The van der Waals surface area contributed by atoms with Gasteiger partial charge in [-0.1, -0.05) is 0 Å². The SMILES string of the molecule is CCOC(C)=O.O.O.O.O.O.O.O.O.O.O.O.O.O.O.O.O.O.O.O.O.O.O.O.O.O.O.O.O.O.O.O.O.O.O.O.O.O.O.O.O.O.O.O.O.O.O.O.O.O.O. The quantitative estimate of drug-likeness (QED) is 0.231. The first kappa shape index (κ1) is 24100. The van der Waals surface area contributed by atoms with Crippen molar-refractivity contribution in [2.75, 3.05) is 6.61 Å². The van der Waals surface area contributed by atoms with Gasteiger partial charge in [-0.3, -0.25) is 4.79 Å². The largest absolute Gasteiger partial charge is 0.466 e. The molecule has 0 radical (unpaired) electrons. The fraction of sp³-hybridized carbons (Fsp3) is 0.750. The lowest BCUT2D eigenvalue weighted by atomic mass is 10.8. The summed E-state index contributed by atoms with van der Waals surface area (Å²) in [7, 11) is 0. The van der Waals surface area contributed by atoms with E-state index in [0.29, 0.717) is 6.61 Å². The van der Waals surface area contributed by atoms with E-state index in [1.807, 2.05) is 0 Å². The highest BCUT2D eigenvalue weighted by atomic mass is 16.5. The zero-order valence-electron chi connectivity index (χ0n) is 29.0. The Labute approximate surface area is 311 Å². The standard InChI is InChI=1S/C4H8O2.50H2O/c1-3-6-4(2)5;;;;;;;;;;;;;;;;;;;;;;;;;;;;;;;;;;;;;;;;;;;;;;;;;;/h3H2,1-2H3;50*1H2. The van der Waals surface area contributed by atoms with Crippen molar-refractivity contribution in [2.45, 2.75) is 13.8 Å². The van der Waals surface area contributed by atoms with Crippen molar-refractivity contribution in [3.63, 3.8) is 0 Å². The van der Waals surface area contributed by atoms with Gasteiger partial charge < -0.3 is 279 Å². The fourth-order valence-electron chi connectivity index (χ4n) is 0.203. The molecule has 52 nitrogen and oxygen atoms in total. The van der Waals surface area contributed by atoms with Crippen LogP contribution in [0.3, 0.4) is 0 Å². The highest BCUT2D eigenvalue weighted by Gasteiger charge is 1.81. The molecule has 0 heterocycles. The molecule has 56 heavy (non-hydrogen) atoms.